The molecule has 0 fully saturated rings. The summed E-state index contributed by atoms with van der Waals surface area (Å²) in [6, 6.07) is 6.18. The fourth-order valence-corrected chi connectivity index (χ4v) is 2.14. The second-order valence-corrected chi connectivity index (χ2v) is 5.02. The highest BCUT2D eigenvalue weighted by atomic mass is 16.2. The standard InChI is InChI=1S/C14H21N3O/c1-10(8-15)9-16-12-4-5-13-11(7-12)3-6-14(18)17(13)2/h4-5,7,10,16H,3,6,8-9,15H2,1-2H3. The summed E-state index contributed by atoms with van der Waals surface area (Å²) in [6.07, 6.45) is 1.44. The SMILES string of the molecule is CC(CN)CNc1ccc2c(c1)CCC(=O)N2C. The number of amides is 1. The zero-order valence-corrected chi connectivity index (χ0v) is 11.1. The summed E-state index contributed by atoms with van der Waals surface area (Å²) in [7, 11) is 1.84. The largest absolute Gasteiger partial charge is 0.385 e. The minimum absolute atomic E-state index is 0.194. The Morgan fingerprint density at radius 1 is 1.44 bits per heavy atom. The molecule has 0 radical (unpaired) electrons. The van der Waals surface area contributed by atoms with E-state index in [2.05, 4.69) is 18.3 Å². The van der Waals surface area contributed by atoms with Gasteiger partial charge in [-0.2, -0.15) is 0 Å². The van der Waals surface area contributed by atoms with E-state index in [0.717, 1.165) is 24.3 Å². The zero-order valence-electron chi connectivity index (χ0n) is 11.1. The van der Waals surface area contributed by atoms with Crippen LogP contribution in [0.1, 0.15) is 18.9 Å². The van der Waals surface area contributed by atoms with Gasteiger partial charge in [0, 0.05) is 31.4 Å². The maximum Gasteiger partial charge on any atom is 0.227 e. The Bertz CT molecular complexity index is 445. The van der Waals surface area contributed by atoms with Crippen molar-refractivity contribution in [2.45, 2.75) is 19.8 Å². The molecule has 1 aromatic rings. The summed E-state index contributed by atoms with van der Waals surface area (Å²) in [5, 5.41) is 3.39. The number of nitrogens with one attached hydrogen (secondary N) is 1. The van der Waals surface area contributed by atoms with Crippen molar-refractivity contribution in [3.05, 3.63) is 23.8 Å². The van der Waals surface area contributed by atoms with Gasteiger partial charge in [-0.3, -0.25) is 4.79 Å². The number of fused-ring (bicyclic) bond motifs is 1. The van der Waals surface area contributed by atoms with Gasteiger partial charge in [0.15, 0.2) is 0 Å². The van der Waals surface area contributed by atoms with Crippen LogP contribution >= 0.6 is 0 Å². The maximum atomic E-state index is 11.6. The molecule has 4 nitrogen and oxygen atoms in total. The van der Waals surface area contributed by atoms with Gasteiger partial charge in [-0.1, -0.05) is 6.92 Å². The van der Waals surface area contributed by atoms with Crippen LogP contribution in [0.3, 0.4) is 0 Å². The average molecular weight is 247 g/mol. The molecule has 4 heteroatoms. The van der Waals surface area contributed by atoms with Gasteiger partial charge in [0.05, 0.1) is 0 Å². The lowest BCUT2D eigenvalue weighted by molar-refractivity contribution is -0.118. The molecule has 2 rings (SSSR count). The van der Waals surface area contributed by atoms with Gasteiger partial charge < -0.3 is 16.0 Å². The Balaban J connectivity index is 2.10. The lowest BCUT2D eigenvalue weighted by Gasteiger charge is -2.26. The van der Waals surface area contributed by atoms with E-state index in [1.807, 2.05) is 19.2 Å². The lowest BCUT2D eigenvalue weighted by Crippen LogP contribution is -2.31. The molecule has 1 amide bonds. The Labute approximate surface area is 108 Å². The van der Waals surface area contributed by atoms with E-state index < -0.39 is 0 Å². The molecule has 0 saturated heterocycles. The second kappa shape index (κ2) is 5.40. The minimum atomic E-state index is 0.194. The normalized spacial score (nSPS) is 16.4. The van der Waals surface area contributed by atoms with Crippen molar-refractivity contribution in [3.63, 3.8) is 0 Å². The predicted octanol–water partition coefficient (Wildman–Crippen LogP) is 1.60. The number of carbonyl (C=O) groups excluding carboxylic acids is 1. The zero-order chi connectivity index (χ0) is 13.1. The van der Waals surface area contributed by atoms with E-state index in [0.29, 0.717) is 18.9 Å². The first-order chi connectivity index (χ1) is 8.61. The smallest absolute Gasteiger partial charge is 0.227 e. The van der Waals surface area contributed by atoms with E-state index >= 15 is 0 Å². The number of anilines is 2. The molecule has 0 spiro atoms. The quantitative estimate of drug-likeness (QED) is 0.849. The molecule has 1 aliphatic heterocycles. The van der Waals surface area contributed by atoms with E-state index in [1.165, 1.54) is 5.56 Å². The van der Waals surface area contributed by atoms with Crippen LogP contribution in [0.25, 0.3) is 0 Å². The van der Waals surface area contributed by atoms with Crippen LogP contribution in [0, 0.1) is 5.92 Å². The van der Waals surface area contributed by atoms with Crippen LogP contribution in [0.4, 0.5) is 11.4 Å². The van der Waals surface area contributed by atoms with E-state index in [4.69, 9.17) is 5.73 Å². The van der Waals surface area contributed by atoms with E-state index in [1.54, 1.807) is 4.90 Å². The fraction of sp³-hybridized carbons (Fsp3) is 0.500. The summed E-state index contributed by atoms with van der Waals surface area (Å²) >= 11 is 0. The Morgan fingerprint density at radius 3 is 2.94 bits per heavy atom. The third-order valence-corrected chi connectivity index (χ3v) is 3.48. The van der Waals surface area contributed by atoms with Crippen molar-refractivity contribution >= 4 is 17.3 Å². The number of hydrogen-bond donors (Lipinski definition) is 2. The van der Waals surface area contributed by atoms with E-state index in [-0.39, 0.29) is 5.91 Å². The summed E-state index contributed by atoms with van der Waals surface area (Å²) < 4.78 is 0. The van der Waals surface area contributed by atoms with Crippen molar-refractivity contribution in [3.8, 4) is 0 Å². The van der Waals surface area contributed by atoms with Gasteiger partial charge in [-0.15, -0.1) is 0 Å². The highest BCUT2D eigenvalue weighted by Crippen LogP contribution is 2.29. The fourth-order valence-electron chi connectivity index (χ4n) is 2.14. The molecule has 18 heavy (non-hydrogen) atoms. The van der Waals surface area contributed by atoms with Gasteiger partial charge in [0.25, 0.3) is 0 Å². The number of hydrogen-bond acceptors (Lipinski definition) is 3. The molecule has 3 N–H and O–H groups in total. The highest BCUT2D eigenvalue weighted by molar-refractivity contribution is 5.96. The Morgan fingerprint density at radius 2 is 2.22 bits per heavy atom. The third-order valence-electron chi connectivity index (χ3n) is 3.48. The molecule has 98 valence electrons. The minimum Gasteiger partial charge on any atom is -0.385 e. The number of benzene rings is 1. The van der Waals surface area contributed by atoms with Crippen LogP contribution in [-0.4, -0.2) is 26.0 Å². The first kappa shape index (κ1) is 12.9. The van der Waals surface area contributed by atoms with Crippen LogP contribution in [-0.2, 0) is 11.2 Å². The molecule has 1 aromatic carbocycles. The molecule has 0 bridgehead atoms. The lowest BCUT2D eigenvalue weighted by atomic mass is 10.0. The van der Waals surface area contributed by atoms with Gasteiger partial charge in [-0.05, 0) is 42.6 Å². The molecule has 1 heterocycles. The molecular weight excluding hydrogens is 226 g/mol. The molecule has 0 aromatic heterocycles. The van der Waals surface area contributed by atoms with Gasteiger partial charge >= 0.3 is 0 Å². The van der Waals surface area contributed by atoms with Gasteiger partial charge in [0.2, 0.25) is 5.91 Å². The van der Waals surface area contributed by atoms with Crippen molar-refractivity contribution in [2.75, 3.05) is 30.4 Å². The number of rotatable bonds is 4. The van der Waals surface area contributed by atoms with Crippen LogP contribution < -0.4 is 16.0 Å². The predicted molar refractivity (Wildman–Crippen MR) is 74.9 cm³/mol. The van der Waals surface area contributed by atoms with Crippen LogP contribution in [0.15, 0.2) is 18.2 Å². The molecule has 1 unspecified atom stereocenters. The highest BCUT2D eigenvalue weighted by Gasteiger charge is 2.20. The average Bonchev–Trinajstić information content (AvgIpc) is 2.40. The maximum absolute atomic E-state index is 11.6. The second-order valence-electron chi connectivity index (χ2n) is 5.02. The Kier molecular flexibility index (Phi) is 3.87. The Hall–Kier alpha value is -1.55. The van der Waals surface area contributed by atoms with Crippen molar-refractivity contribution in [1.29, 1.82) is 0 Å². The van der Waals surface area contributed by atoms with Crippen molar-refractivity contribution < 1.29 is 4.79 Å². The number of carbonyl (C=O) groups is 1. The number of nitrogens with zero attached hydrogens (tertiary/aromatic N) is 1. The van der Waals surface area contributed by atoms with Crippen molar-refractivity contribution in [2.24, 2.45) is 11.7 Å². The summed E-state index contributed by atoms with van der Waals surface area (Å²) in [5.74, 6) is 0.658. The molecule has 1 atom stereocenters. The molecule has 1 aliphatic rings. The monoisotopic (exact) mass is 247 g/mol. The molecular formula is C14H21N3O. The number of nitrogens with two attached hydrogens (primary N) is 1. The number of aryl methyl sites for hydroxylation is 1. The molecule has 0 aliphatic carbocycles. The summed E-state index contributed by atoms with van der Waals surface area (Å²) in [4.78, 5) is 13.3. The summed E-state index contributed by atoms with van der Waals surface area (Å²) in [5.41, 5.74) is 8.97. The first-order valence-corrected chi connectivity index (χ1v) is 6.45. The first-order valence-electron chi connectivity index (χ1n) is 6.45. The van der Waals surface area contributed by atoms with Crippen molar-refractivity contribution in [1.82, 2.24) is 0 Å². The van der Waals surface area contributed by atoms with Gasteiger partial charge in [0.1, 0.15) is 0 Å². The summed E-state index contributed by atoms with van der Waals surface area (Å²) in [6.45, 7) is 3.69. The topological polar surface area (TPSA) is 58.4 Å². The van der Waals surface area contributed by atoms with E-state index in [9.17, 15) is 4.79 Å². The van der Waals surface area contributed by atoms with Crippen LogP contribution in [0.2, 0.25) is 0 Å². The third kappa shape index (κ3) is 2.64. The molecule has 0 saturated carbocycles. The van der Waals surface area contributed by atoms with Crippen LogP contribution in [0.5, 0.6) is 0 Å². The van der Waals surface area contributed by atoms with Gasteiger partial charge in [-0.25, -0.2) is 0 Å².